The van der Waals surface area contributed by atoms with Crippen LogP contribution in [0.5, 0.6) is 0 Å². The molecule has 4 aromatic rings. The van der Waals surface area contributed by atoms with Gasteiger partial charge in [0.2, 0.25) is 17.0 Å². The van der Waals surface area contributed by atoms with Gasteiger partial charge in [-0.05, 0) is 36.6 Å². The molecule has 0 aliphatic rings. The summed E-state index contributed by atoms with van der Waals surface area (Å²) in [5, 5.41) is 4.04. The Morgan fingerprint density at radius 2 is 1.93 bits per heavy atom. The summed E-state index contributed by atoms with van der Waals surface area (Å²) in [5.41, 5.74) is -0.327. The van der Waals surface area contributed by atoms with Gasteiger partial charge in [-0.1, -0.05) is 30.1 Å². The van der Waals surface area contributed by atoms with Crippen LogP contribution in [0.15, 0.2) is 26.2 Å². The largest absolute Gasteiger partial charge is 0.339 e. The number of nitrogens with zero attached hydrogens (tertiary/aromatic N) is 5. The molecule has 0 saturated heterocycles. The van der Waals surface area contributed by atoms with Crippen molar-refractivity contribution in [2.75, 3.05) is 0 Å². The monoisotopic (exact) mass is 468 g/mol. The Kier molecular flexibility index (Phi) is 6.07. The lowest BCUT2D eigenvalue weighted by atomic mass is 10.3. The lowest BCUT2D eigenvalue weighted by molar-refractivity contribution is 0.371. The number of fused-ring (bicyclic) bond motifs is 1. The molecule has 30 heavy (non-hydrogen) atoms. The highest BCUT2D eigenvalue weighted by Gasteiger charge is 2.17. The topological polar surface area (TPSA) is 112 Å². The van der Waals surface area contributed by atoms with E-state index in [1.165, 1.54) is 20.5 Å². The van der Waals surface area contributed by atoms with E-state index < -0.39 is 11.2 Å². The predicted molar refractivity (Wildman–Crippen MR) is 115 cm³/mol. The number of rotatable bonds is 8. The Morgan fingerprint density at radius 1 is 1.13 bits per heavy atom. The summed E-state index contributed by atoms with van der Waals surface area (Å²) < 4.78 is 8.61. The zero-order valence-electron chi connectivity index (χ0n) is 16.0. The number of H-pyrrole nitrogens is 1. The van der Waals surface area contributed by atoms with Crippen LogP contribution >= 0.6 is 34.5 Å². The summed E-state index contributed by atoms with van der Waals surface area (Å²) in [6.45, 7) is 2.70. The number of aromatic nitrogens is 6. The number of imidazole rings is 1. The second-order valence-electron chi connectivity index (χ2n) is 6.69. The highest BCUT2D eigenvalue weighted by molar-refractivity contribution is 7.19. The van der Waals surface area contributed by atoms with Crippen LogP contribution in [0.2, 0.25) is 9.62 Å². The van der Waals surface area contributed by atoms with Gasteiger partial charge in [-0.2, -0.15) is 9.97 Å². The van der Waals surface area contributed by atoms with Crippen LogP contribution in [-0.2, 0) is 19.5 Å². The van der Waals surface area contributed by atoms with Crippen molar-refractivity contribution in [3.05, 3.63) is 48.5 Å². The van der Waals surface area contributed by atoms with E-state index in [4.69, 9.17) is 27.7 Å². The van der Waals surface area contributed by atoms with E-state index in [-0.39, 0.29) is 23.0 Å². The minimum Gasteiger partial charge on any atom is -0.339 e. The molecule has 0 saturated carbocycles. The molecule has 9 nitrogen and oxygen atoms in total. The number of halogens is 2. The van der Waals surface area contributed by atoms with Crippen molar-refractivity contribution in [3.63, 3.8) is 0 Å². The van der Waals surface area contributed by atoms with E-state index in [1.54, 1.807) is 6.07 Å². The highest BCUT2D eigenvalue weighted by atomic mass is 35.5. The average Bonchev–Trinajstić information content (AvgIpc) is 3.44. The smallest absolute Gasteiger partial charge is 0.332 e. The molecule has 12 heteroatoms. The van der Waals surface area contributed by atoms with E-state index in [0.29, 0.717) is 35.4 Å². The first-order valence-corrected chi connectivity index (χ1v) is 11.0. The Bertz CT molecular complexity index is 1300. The van der Waals surface area contributed by atoms with E-state index in [9.17, 15) is 9.59 Å². The maximum absolute atomic E-state index is 12.9. The molecule has 4 aromatic heterocycles. The Balaban J connectivity index is 1.55. The van der Waals surface area contributed by atoms with Crippen LogP contribution in [0.3, 0.4) is 0 Å². The molecule has 0 aliphatic heterocycles. The summed E-state index contributed by atoms with van der Waals surface area (Å²) in [6.07, 6.45) is 2.59. The number of aryl methyl sites for hydroxylation is 2. The molecular formula is C18H18Cl2N6O3S. The van der Waals surface area contributed by atoms with Gasteiger partial charge >= 0.3 is 5.69 Å². The fourth-order valence-corrected chi connectivity index (χ4v) is 4.28. The normalized spacial score (nSPS) is 11.6. The van der Waals surface area contributed by atoms with Crippen molar-refractivity contribution in [1.29, 1.82) is 0 Å². The fraction of sp³-hybridized carbons (Fsp3) is 0.389. The first-order chi connectivity index (χ1) is 14.5. The maximum atomic E-state index is 12.9. The second kappa shape index (κ2) is 8.75. The van der Waals surface area contributed by atoms with E-state index >= 15 is 0 Å². The lowest BCUT2D eigenvalue weighted by Gasteiger charge is -2.10. The van der Waals surface area contributed by atoms with Gasteiger partial charge in [0.1, 0.15) is 0 Å². The van der Waals surface area contributed by atoms with Crippen molar-refractivity contribution >= 4 is 45.7 Å². The zero-order valence-corrected chi connectivity index (χ0v) is 18.4. The van der Waals surface area contributed by atoms with E-state index in [0.717, 1.165) is 17.7 Å². The van der Waals surface area contributed by atoms with Gasteiger partial charge < -0.3 is 9.51 Å². The number of thiophene rings is 1. The number of unbranched alkanes of at least 4 members (excludes halogenated alkanes) is 1. The average molecular weight is 469 g/mol. The van der Waals surface area contributed by atoms with Crippen LogP contribution in [0, 0.1) is 0 Å². The third-order valence-corrected chi connectivity index (χ3v) is 6.01. The molecule has 1 N–H and O–H groups in total. The maximum Gasteiger partial charge on any atom is 0.332 e. The molecule has 0 radical (unpaired) electrons. The van der Waals surface area contributed by atoms with Crippen LogP contribution < -0.4 is 11.2 Å². The summed E-state index contributed by atoms with van der Waals surface area (Å²) in [5.74, 6) is 0.897. The van der Waals surface area contributed by atoms with Gasteiger partial charge in [0, 0.05) is 19.5 Å². The SMILES string of the molecule is CCCCn1c(=O)n(CCCc2nc(-c3ccc(Cl)s3)no2)c(=O)c2[nH]c(Cl)nc21. The van der Waals surface area contributed by atoms with E-state index in [2.05, 4.69) is 20.1 Å². The lowest BCUT2D eigenvalue weighted by Crippen LogP contribution is -2.40. The van der Waals surface area contributed by atoms with Gasteiger partial charge in [0.05, 0.1) is 9.21 Å². The van der Waals surface area contributed by atoms with Crippen LogP contribution in [0.4, 0.5) is 0 Å². The molecule has 0 aromatic carbocycles. The summed E-state index contributed by atoms with van der Waals surface area (Å²) in [4.78, 5) is 37.7. The summed E-state index contributed by atoms with van der Waals surface area (Å²) in [6, 6.07) is 3.59. The molecule has 0 aliphatic carbocycles. The molecular weight excluding hydrogens is 451 g/mol. The standard InChI is InChI=1S/C18H18Cl2N6O3S/c1-2-3-8-25-15-13(22-17(20)23-15)16(27)26(18(25)28)9-4-5-12-21-14(24-29-12)10-6-7-11(19)30-10/h6-7H,2-5,8-9H2,1H3,(H,22,23). The van der Waals surface area contributed by atoms with Crippen molar-refractivity contribution in [3.8, 4) is 10.7 Å². The van der Waals surface area contributed by atoms with Crippen LogP contribution in [0.25, 0.3) is 21.9 Å². The summed E-state index contributed by atoms with van der Waals surface area (Å²) in [7, 11) is 0. The molecule has 4 rings (SSSR count). The molecule has 0 amide bonds. The third-order valence-electron chi connectivity index (χ3n) is 4.60. The first kappa shape index (κ1) is 20.8. The third kappa shape index (κ3) is 4.07. The first-order valence-electron chi connectivity index (χ1n) is 9.45. The van der Waals surface area contributed by atoms with Crippen molar-refractivity contribution in [1.82, 2.24) is 29.2 Å². The minimum absolute atomic E-state index is 0.0802. The Labute approximate surface area is 184 Å². The van der Waals surface area contributed by atoms with Crippen molar-refractivity contribution in [2.24, 2.45) is 0 Å². The molecule has 0 fully saturated rings. The molecule has 0 bridgehead atoms. The van der Waals surface area contributed by atoms with Gasteiger partial charge in [-0.25, -0.2) is 4.79 Å². The molecule has 0 unspecified atom stereocenters. The van der Waals surface area contributed by atoms with Crippen LogP contribution in [-0.4, -0.2) is 29.2 Å². The number of hydrogen-bond acceptors (Lipinski definition) is 7. The molecule has 0 atom stereocenters. The van der Waals surface area contributed by atoms with Crippen molar-refractivity contribution in [2.45, 2.75) is 45.7 Å². The number of aromatic amines is 1. The predicted octanol–water partition coefficient (Wildman–Crippen LogP) is 3.74. The summed E-state index contributed by atoms with van der Waals surface area (Å²) >= 11 is 13.2. The quantitative estimate of drug-likeness (QED) is 0.394. The van der Waals surface area contributed by atoms with Gasteiger partial charge in [-0.15, -0.1) is 11.3 Å². The van der Waals surface area contributed by atoms with E-state index in [1.807, 2.05) is 13.0 Å². The highest BCUT2D eigenvalue weighted by Crippen LogP contribution is 2.29. The fourth-order valence-electron chi connectivity index (χ4n) is 3.13. The van der Waals surface area contributed by atoms with Crippen LogP contribution in [0.1, 0.15) is 32.1 Å². The minimum atomic E-state index is -0.443. The Hall–Kier alpha value is -2.43. The molecule has 4 heterocycles. The zero-order chi connectivity index (χ0) is 21.3. The van der Waals surface area contributed by atoms with Gasteiger partial charge in [-0.3, -0.25) is 13.9 Å². The molecule has 0 spiro atoms. The molecule has 158 valence electrons. The number of nitrogens with one attached hydrogen (secondary N) is 1. The Morgan fingerprint density at radius 3 is 2.67 bits per heavy atom. The number of hydrogen-bond donors (Lipinski definition) is 1. The van der Waals surface area contributed by atoms with Gasteiger partial charge in [0.15, 0.2) is 11.2 Å². The van der Waals surface area contributed by atoms with Crippen molar-refractivity contribution < 1.29 is 4.52 Å². The van der Waals surface area contributed by atoms with Gasteiger partial charge in [0.25, 0.3) is 5.56 Å². The second-order valence-corrected chi connectivity index (χ2v) is 8.76.